The van der Waals surface area contributed by atoms with Gasteiger partial charge in [0.2, 0.25) is 0 Å². The zero-order valence-electron chi connectivity index (χ0n) is 12.0. The maximum absolute atomic E-state index is 12.5. The highest BCUT2D eigenvalue weighted by atomic mass is 16.2. The lowest BCUT2D eigenvalue weighted by atomic mass is 10.2. The summed E-state index contributed by atoms with van der Waals surface area (Å²) in [7, 11) is 0. The van der Waals surface area contributed by atoms with Gasteiger partial charge in [0, 0.05) is 24.8 Å². The topological polar surface area (TPSA) is 63.9 Å². The molecule has 1 amide bonds. The Kier molecular flexibility index (Phi) is 3.07. The highest BCUT2D eigenvalue weighted by Gasteiger charge is 2.20. The number of rotatable bonds is 2. The van der Waals surface area contributed by atoms with E-state index in [0.29, 0.717) is 11.2 Å². The summed E-state index contributed by atoms with van der Waals surface area (Å²) in [6, 6.07) is 11.2. The lowest BCUT2D eigenvalue weighted by Crippen LogP contribution is -2.27. The van der Waals surface area contributed by atoms with Crippen molar-refractivity contribution >= 4 is 17.1 Å². The lowest BCUT2D eigenvalue weighted by molar-refractivity contribution is 0.0793. The Bertz CT molecular complexity index is 835. The number of amides is 1. The van der Waals surface area contributed by atoms with E-state index in [1.165, 1.54) is 0 Å². The maximum Gasteiger partial charge on any atom is 0.253 e. The first-order valence-electron chi connectivity index (χ1n) is 7.39. The van der Waals surface area contributed by atoms with Crippen LogP contribution in [0.2, 0.25) is 0 Å². The molecule has 3 aromatic rings. The third kappa shape index (κ3) is 2.13. The van der Waals surface area contributed by atoms with Crippen molar-refractivity contribution in [1.29, 1.82) is 0 Å². The normalized spacial score (nSPS) is 14.6. The summed E-state index contributed by atoms with van der Waals surface area (Å²) >= 11 is 0. The third-order valence-electron chi connectivity index (χ3n) is 3.94. The Labute approximate surface area is 127 Å². The van der Waals surface area contributed by atoms with E-state index in [4.69, 9.17) is 0 Å². The second-order valence-electron chi connectivity index (χ2n) is 5.40. The number of carbonyl (C=O) groups excluding carboxylic acids is 1. The van der Waals surface area contributed by atoms with Crippen LogP contribution in [0.1, 0.15) is 23.2 Å². The zero-order valence-corrected chi connectivity index (χ0v) is 12.0. The van der Waals surface area contributed by atoms with Crippen LogP contribution in [0.25, 0.3) is 16.9 Å². The highest BCUT2D eigenvalue weighted by Crippen LogP contribution is 2.18. The number of carbonyl (C=O) groups is 1. The SMILES string of the molecule is O=C(c1cccc(-n2nnc3cccnc32)c1)N1CCCC1. The minimum absolute atomic E-state index is 0.0803. The van der Waals surface area contributed by atoms with Crippen molar-refractivity contribution in [1.82, 2.24) is 24.9 Å². The summed E-state index contributed by atoms with van der Waals surface area (Å²) in [5.74, 6) is 0.0803. The van der Waals surface area contributed by atoms with E-state index in [1.807, 2.05) is 41.3 Å². The van der Waals surface area contributed by atoms with Gasteiger partial charge in [-0.3, -0.25) is 4.79 Å². The minimum atomic E-state index is 0.0803. The fourth-order valence-corrected chi connectivity index (χ4v) is 2.81. The number of pyridine rings is 1. The average molecular weight is 293 g/mol. The van der Waals surface area contributed by atoms with Crippen LogP contribution in [-0.4, -0.2) is 43.9 Å². The summed E-state index contributed by atoms with van der Waals surface area (Å²) < 4.78 is 1.66. The van der Waals surface area contributed by atoms with Crippen LogP contribution in [0.4, 0.5) is 0 Å². The Hall–Kier alpha value is -2.76. The second-order valence-corrected chi connectivity index (χ2v) is 5.40. The Balaban J connectivity index is 1.74. The van der Waals surface area contributed by atoms with Crippen molar-refractivity contribution in [3.63, 3.8) is 0 Å². The molecule has 22 heavy (non-hydrogen) atoms. The van der Waals surface area contributed by atoms with Crippen molar-refractivity contribution in [3.05, 3.63) is 48.2 Å². The molecule has 1 aromatic carbocycles. The van der Waals surface area contributed by atoms with E-state index in [1.54, 1.807) is 10.9 Å². The molecule has 0 spiro atoms. The molecule has 0 atom stereocenters. The van der Waals surface area contributed by atoms with Crippen molar-refractivity contribution in [2.75, 3.05) is 13.1 Å². The number of fused-ring (bicyclic) bond motifs is 1. The molecule has 2 aromatic heterocycles. The molecule has 0 bridgehead atoms. The first-order valence-corrected chi connectivity index (χ1v) is 7.39. The maximum atomic E-state index is 12.5. The summed E-state index contributed by atoms with van der Waals surface area (Å²) in [5.41, 5.74) is 2.90. The number of hydrogen-bond donors (Lipinski definition) is 0. The Morgan fingerprint density at radius 3 is 2.82 bits per heavy atom. The Morgan fingerprint density at radius 2 is 1.95 bits per heavy atom. The third-order valence-corrected chi connectivity index (χ3v) is 3.94. The first kappa shape index (κ1) is 12.9. The van der Waals surface area contributed by atoms with Gasteiger partial charge < -0.3 is 4.90 Å². The molecule has 1 aliphatic rings. The van der Waals surface area contributed by atoms with Crippen LogP contribution >= 0.6 is 0 Å². The molecule has 6 nitrogen and oxygen atoms in total. The molecule has 0 aliphatic carbocycles. The molecular formula is C16H15N5O. The van der Waals surface area contributed by atoms with Crippen molar-refractivity contribution < 1.29 is 4.79 Å². The molecule has 3 heterocycles. The fourth-order valence-electron chi connectivity index (χ4n) is 2.81. The molecular weight excluding hydrogens is 278 g/mol. The van der Waals surface area contributed by atoms with E-state index in [9.17, 15) is 4.79 Å². The number of likely N-dealkylation sites (tertiary alicyclic amines) is 1. The van der Waals surface area contributed by atoms with E-state index < -0.39 is 0 Å². The summed E-state index contributed by atoms with van der Waals surface area (Å²) in [5, 5.41) is 8.24. The van der Waals surface area contributed by atoms with Crippen molar-refractivity contribution in [3.8, 4) is 5.69 Å². The predicted molar refractivity (Wildman–Crippen MR) is 81.8 cm³/mol. The van der Waals surface area contributed by atoms with Gasteiger partial charge in [-0.05, 0) is 43.2 Å². The monoisotopic (exact) mass is 293 g/mol. The molecule has 0 unspecified atom stereocenters. The van der Waals surface area contributed by atoms with E-state index >= 15 is 0 Å². The molecule has 1 saturated heterocycles. The van der Waals surface area contributed by atoms with Crippen LogP contribution in [0, 0.1) is 0 Å². The number of hydrogen-bond acceptors (Lipinski definition) is 4. The molecule has 0 saturated carbocycles. The summed E-state index contributed by atoms with van der Waals surface area (Å²) in [4.78, 5) is 18.7. The van der Waals surface area contributed by atoms with Gasteiger partial charge in [0.15, 0.2) is 5.65 Å². The fraction of sp³-hybridized carbons (Fsp3) is 0.250. The smallest absolute Gasteiger partial charge is 0.253 e. The predicted octanol–water partition coefficient (Wildman–Crippen LogP) is 2.05. The lowest BCUT2D eigenvalue weighted by Gasteiger charge is -2.15. The average Bonchev–Trinajstić information content (AvgIpc) is 3.24. The number of nitrogens with zero attached hydrogens (tertiary/aromatic N) is 5. The van der Waals surface area contributed by atoms with Gasteiger partial charge in [-0.15, -0.1) is 5.10 Å². The van der Waals surface area contributed by atoms with Gasteiger partial charge in [0.05, 0.1) is 5.69 Å². The molecule has 4 rings (SSSR count). The molecule has 110 valence electrons. The molecule has 6 heteroatoms. The minimum Gasteiger partial charge on any atom is -0.339 e. The van der Waals surface area contributed by atoms with Gasteiger partial charge in [-0.25, -0.2) is 4.98 Å². The van der Waals surface area contributed by atoms with E-state index in [0.717, 1.165) is 37.1 Å². The van der Waals surface area contributed by atoms with Crippen LogP contribution in [0.15, 0.2) is 42.6 Å². The Morgan fingerprint density at radius 1 is 1.09 bits per heavy atom. The molecule has 0 radical (unpaired) electrons. The van der Waals surface area contributed by atoms with Crippen LogP contribution in [0.5, 0.6) is 0 Å². The zero-order chi connectivity index (χ0) is 14.9. The van der Waals surface area contributed by atoms with Crippen LogP contribution in [0.3, 0.4) is 0 Å². The van der Waals surface area contributed by atoms with Gasteiger partial charge in [0.25, 0.3) is 5.91 Å². The van der Waals surface area contributed by atoms with Gasteiger partial charge in [-0.1, -0.05) is 11.3 Å². The first-order chi connectivity index (χ1) is 10.8. The van der Waals surface area contributed by atoms with Gasteiger partial charge in [-0.2, -0.15) is 4.68 Å². The van der Waals surface area contributed by atoms with Crippen LogP contribution in [-0.2, 0) is 0 Å². The van der Waals surface area contributed by atoms with E-state index in [-0.39, 0.29) is 5.91 Å². The molecule has 0 N–H and O–H groups in total. The quantitative estimate of drug-likeness (QED) is 0.725. The highest BCUT2D eigenvalue weighted by molar-refractivity contribution is 5.95. The van der Waals surface area contributed by atoms with Crippen molar-refractivity contribution in [2.24, 2.45) is 0 Å². The van der Waals surface area contributed by atoms with Gasteiger partial charge in [0.1, 0.15) is 5.52 Å². The van der Waals surface area contributed by atoms with Crippen molar-refractivity contribution in [2.45, 2.75) is 12.8 Å². The molecule has 1 fully saturated rings. The summed E-state index contributed by atoms with van der Waals surface area (Å²) in [6.07, 6.45) is 3.88. The second kappa shape index (κ2) is 5.22. The number of benzene rings is 1. The standard InChI is InChI=1S/C16H15N5O/c22-16(20-9-1-2-10-20)12-5-3-6-13(11-12)21-15-14(18-19-21)7-4-8-17-15/h3-8,11H,1-2,9-10H2. The van der Waals surface area contributed by atoms with Gasteiger partial charge >= 0.3 is 0 Å². The van der Waals surface area contributed by atoms with E-state index in [2.05, 4.69) is 15.3 Å². The number of aromatic nitrogens is 4. The largest absolute Gasteiger partial charge is 0.339 e. The van der Waals surface area contributed by atoms with Crippen LogP contribution < -0.4 is 0 Å². The summed E-state index contributed by atoms with van der Waals surface area (Å²) in [6.45, 7) is 1.69. The molecule has 1 aliphatic heterocycles.